The summed E-state index contributed by atoms with van der Waals surface area (Å²) in [5, 5.41) is 0. The molecule has 0 aliphatic heterocycles. The van der Waals surface area contributed by atoms with Crippen LogP contribution in [0, 0.1) is 11.7 Å². The molecule has 0 radical (unpaired) electrons. The lowest BCUT2D eigenvalue weighted by atomic mass is 10.0. The fourth-order valence-corrected chi connectivity index (χ4v) is 1.69. The largest absolute Gasteiger partial charge is 0.327 e. The Balaban J connectivity index is 2.80. The molecule has 0 saturated heterocycles. The van der Waals surface area contributed by atoms with Crippen molar-refractivity contribution in [2.24, 2.45) is 11.7 Å². The van der Waals surface area contributed by atoms with E-state index in [0.717, 1.165) is 0 Å². The zero-order valence-electron chi connectivity index (χ0n) is 11.2. The summed E-state index contributed by atoms with van der Waals surface area (Å²) in [5.74, 6) is -0.156. The summed E-state index contributed by atoms with van der Waals surface area (Å²) >= 11 is 0. The van der Waals surface area contributed by atoms with E-state index in [1.54, 1.807) is 17.0 Å². The zero-order valence-corrected chi connectivity index (χ0v) is 11.2. The van der Waals surface area contributed by atoms with E-state index in [9.17, 15) is 9.18 Å². The molecule has 1 rings (SSSR count). The van der Waals surface area contributed by atoms with Crippen LogP contribution in [0.5, 0.6) is 0 Å². The van der Waals surface area contributed by atoms with Crippen LogP contribution in [-0.2, 0) is 4.79 Å². The van der Waals surface area contributed by atoms with E-state index in [4.69, 9.17) is 5.73 Å². The Labute approximate surface area is 108 Å². The molecule has 18 heavy (non-hydrogen) atoms. The molecule has 4 heteroatoms. The minimum absolute atomic E-state index is 0.0655. The molecule has 0 aromatic heterocycles. The van der Waals surface area contributed by atoms with Crippen LogP contribution in [0.25, 0.3) is 0 Å². The first-order valence-corrected chi connectivity index (χ1v) is 6.27. The minimum atomic E-state index is -0.341. The second kappa shape index (κ2) is 6.50. The van der Waals surface area contributed by atoms with Crippen molar-refractivity contribution < 1.29 is 9.18 Å². The maximum Gasteiger partial charge on any atom is 0.228 e. The van der Waals surface area contributed by atoms with Gasteiger partial charge in [0.2, 0.25) is 5.91 Å². The Hall–Kier alpha value is -1.42. The third-order valence-corrected chi connectivity index (χ3v) is 3.00. The fourth-order valence-electron chi connectivity index (χ4n) is 1.69. The molecule has 0 bridgehead atoms. The van der Waals surface area contributed by atoms with E-state index in [1.165, 1.54) is 12.1 Å². The van der Waals surface area contributed by atoms with E-state index in [-0.39, 0.29) is 30.1 Å². The van der Waals surface area contributed by atoms with Crippen LogP contribution in [0.2, 0.25) is 0 Å². The number of halogens is 1. The van der Waals surface area contributed by atoms with Crippen molar-refractivity contribution in [3.63, 3.8) is 0 Å². The molecule has 0 saturated carbocycles. The molecule has 0 aliphatic carbocycles. The molecule has 0 spiro atoms. The fraction of sp³-hybridized carbons (Fsp3) is 0.500. The minimum Gasteiger partial charge on any atom is -0.327 e. The van der Waals surface area contributed by atoms with Crippen LogP contribution in [-0.4, -0.2) is 18.5 Å². The smallest absolute Gasteiger partial charge is 0.228 e. The van der Waals surface area contributed by atoms with E-state index in [0.29, 0.717) is 12.2 Å². The number of rotatable bonds is 5. The molecule has 1 aromatic rings. The van der Waals surface area contributed by atoms with E-state index in [2.05, 4.69) is 0 Å². The number of hydrogen-bond donors (Lipinski definition) is 1. The third-order valence-electron chi connectivity index (χ3n) is 3.00. The number of carbonyl (C=O) groups excluding carboxylic acids is 1. The van der Waals surface area contributed by atoms with Crippen molar-refractivity contribution in [2.75, 3.05) is 11.4 Å². The van der Waals surface area contributed by atoms with E-state index < -0.39 is 0 Å². The molecule has 1 aromatic carbocycles. The van der Waals surface area contributed by atoms with Crippen molar-refractivity contribution in [1.82, 2.24) is 0 Å². The Morgan fingerprint density at radius 1 is 1.44 bits per heavy atom. The SMILES string of the molecule is CCN(C(=O)CC(N)C(C)C)c1cccc(F)c1. The average molecular weight is 252 g/mol. The van der Waals surface area contributed by atoms with Crippen molar-refractivity contribution >= 4 is 11.6 Å². The topological polar surface area (TPSA) is 46.3 Å². The molecular weight excluding hydrogens is 231 g/mol. The first-order valence-electron chi connectivity index (χ1n) is 6.27. The van der Waals surface area contributed by atoms with Gasteiger partial charge in [0.15, 0.2) is 0 Å². The number of nitrogens with zero attached hydrogens (tertiary/aromatic N) is 1. The lowest BCUT2D eigenvalue weighted by Crippen LogP contribution is -2.38. The molecule has 0 fully saturated rings. The Bertz CT molecular complexity index is 407. The molecule has 2 N–H and O–H groups in total. The van der Waals surface area contributed by atoms with Crippen molar-refractivity contribution in [1.29, 1.82) is 0 Å². The number of benzene rings is 1. The Morgan fingerprint density at radius 3 is 2.61 bits per heavy atom. The van der Waals surface area contributed by atoms with Crippen LogP contribution in [0.1, 0.15) is 27.2 Å². The van der Waals surface area contributed by atoms with Gasteiger partial charge in [0, 0.05) is 24.7 Å². The molecule has 1 atom stereocenters. The average Bonchev–Trinajstić information content (AvgIpc) is 2.29. The second-order valence-electron chi connectivity index (χ2n) is 4.73. The van der Waals surface area contributed by atoms with Crippen LogP contribution in [0.15, 0.2) is 24.3 Å². The first kappa shape index (κ1) is 14.6. The van der Waals surface area contributed by atoms with Gasteiger partial charge in [-0.1, -0.05) is 19.9 Å². The quantitative estimate of drug-likeness (QED) is 0.875. The molecule has 1 unspecified atom stereocenters. The summed E-state index contributed by atoms with van der Waals surface area (Å²) in [7, 11) is 0. The van der Waals surface area contributed by atoms with Gasteiger partial charge in [-0.3, -0.25) is 4.79 Å². The van der Waals surface area contributed by atoms with Crippen LogP contribution in [0.4, 0.5) is 10.1 Å². The maximum atomic E-state index is 13.2. The van der Waals surface area contributed by atoms with Gasteiger partial charge in [-0.25, -0.2) is 4.39 Å². The van der Waals surface area contributed by atoms with Gasteiger partial charge in [0.1, 0.15) is 5.82 Å². The summed E-state index contributed by atoms with van der Waals surface area (Å²) in [5.41, 5.74) is 6.48. The van der Waals surface area contributed by atoms with Gasteiger partial charge in [0.05, 0.1) is 0 Å². The summed E-state index contributed by atoms with van der Waals surface area (Å²) < 4.78 is 13.2. The highest BCUT2D eigenvalue weighted by Crippen LogP contribution is 2.17. The van der Waals surface area contributed by atoms with Gasteiger partial charge in [-0.15, -0.1) is 0 Å². The van der Waals surface area contributed by atoms with Crippen LogP contribution >= 0.6 is 0 Å². The van der Waals surface area contributed by atoms with Gasteiger partial charge in [-0.05, 0) is 31.0 Å². The van der Waals surface area contributed by atoms with E-state index >= 15 is 0 Å². The summed E-state index contributed by atoms with van der Waals surface area (Å²) in [6, 6.07) is 5.89. The highest BCUT2D eigenvalue weighted by molar-refractivity contribution is 5.93. The maximum absolute atomic E-state index is 13.2. The molecular formula is C14H21FN2O. The Kier molecular flexibility index (Phi) is 5.28. The van der Waals surface area contributed by atoms with Gasteiger partial charge < -0.3 is 10.6 Å². The lowest BCUT2D eigenvalue weighted by molar-refractivity contribution is -0.119. The molecule has 100 valence electrons. The highest BCUT2D eigenvalue weighted by atomic mass is 19.1. The standard InChI is InChI=1S/C14H21FN2O/c1-4-17(12-7-5-6-11(15)8-12)14(18)9-13(16)10(2)3/h5-8,10,13H,4,9,16H2,1-3H3. The zero-order chi connectivity index (χ0) is 13.7. The third kappa shape index (κ3) is 3.81. The van der Waals surface area contributed by atoms with Crippen molar-refractivity contribution in [3.05, 3.63) is 30.1 Å². The molecule has 0 heterocycles. The first-order chi connectivity index (χ1) is 8.45. The number of hydrogen-bond acceptors (Lipinski definition) is 2. The molecule has 3 nitrogen and oxygen atoms in total. The summed E-state index contributed by atoms with van der Waals surface area (Å²) in [4.78, 5) is 13.7. The number of anilines is 1. The van der Waals surface area contributed by atoms with Crippen molar-refractivity contribution in [2.45, 2.75) is 33.2 Å². The second-order valence-corrected chi connectivity index (χ2v) is 4.73. The highest BCUT2D eigenvalue weighted by Gasteiger charge is 2.19. The van der Waals surface area contributed by atoms with Gasteiger partial charge in [-0.2, -0.15) is 0 Å². The number of amides is 1. The van der Waals surface area contributed by atoms with Crippen LogP contribution in [0.3, 0.4) is 0 Å². The van der Waals surface area contributed by atoms with Crippen molar-refractivity contribution in [3.8, 4) is 0 Å². The predicted molar refractivity (Wildman–Crippen MR) is 71.9 cm³/mol. The predicted octanol–water partition coefficient (Wildman–Crippen LogP) is 2.55. The number of nitrogens with two attached hydrogens (primary N) is 1. The summed E-state index contributed by atoms with van der Waals surface area (Å²) in [6.07, 6.45) is 0.280. The normalized spacial score (nSPS) is 12.6. The van der Waals surface area contributed by atoms with E-state index in [1.807, 2.05) is 20.8 Å². The summed E-state index contributed by atoms with van der Waals surface area (Å²) in [6.45, 7) is 6.34. The van der Waals surface area contributed by atoms with Gasteiger partial charge >= 0.3 is 0 Å². The lowest BCUT2D eigenvalue weighted by Gasteiger charge is -2.24. The monoisotopic (exact) mass is 252 g/mol. The molecule has 1 amide bonds. The Morgan fingerprint density at radius 2 is 2.11 bits per heavy atom. The van der Waals surface area contributed by atoms with Gasteiger partial charge in [0.25, 0.3) is 0 Å². The molecule has 0 aliphatic rings. The van der Waals surface area contributed by atoms with Crippen LogP contribution < -0.4 is 10.6 Å². The number of carbonyl (C=O) groups is 1.